The molecule has 0 saturated carbocycles. The minimum Gasteiger partial charge on any atom is -0.375 e. The molecule has 2 aliphatic rings. The van der Waals surface area contributed by atoms with E-state index in [1.165, 1.54) is 11.5 Å². The molecule has 122 valence electrons. The summed E-state index contributed by atoms with van der Waals surface area (Å²) in [6, 6.07) is 0. The third-order valence-corrected chi connectivity index (χ3v) is 6.21. The summed E-state index contributed by atoms with van der Waals surface area (Å²) in [5.74, 6) is 3.06. The van der Waals surface area contributed by atoms with Crippen molar-refractivity contribution in [2.75, 3.05) is 24.7 Å². The van der Waals surface area contributed by atoms with E-state index in [0.29, 0.717) is 18.7 Å². The highest BCUT2D eigenvalue weighted by Crippen LogP contribution is 2.40. The van der Waals surface area contributed by atoms with Gasteiger partial charge in [-0.2, -0.15) is 11.8 Å². The zero-order valence-electron chi connectivity index (χ0n) is 13.7. The summed E-state index contributed by atoms with van der Waals surface area (Å²) in [6.07, 6.45) is 6.80. The van der Waals surface area contributed by atoms with E-state index in [-0.39, 0.29) is 16.9 Å². The lowest BCUT2D eigenvalue weighted by molar-refractivity contribution is -0.138. The summed E-state index contributed by atoms with van der Waals surface area (Å²) >= 11 is 2.01. The second-order valence-corrected chi connectivity index (χ2v) is 8.73. The molecule has 0 amide bonds. The first-order valence-electron chi connectivity index (χ1n) is 8.41. The lowest BCUT2D eigenvalue weighted by Crippen LogP contribution is -2.44. The Morgan fingerprint density at radius 3 is 2.71 bits per heavy atom. The topological polar surface area (TPSA) is 52.3 Å². The van der Waals surface area contributed by atoms with Gasteiger partial charge in [0.1, 0.15) is 5.78 Å². The van der Waals surface area contributed by atoms with Gasteiger partial charge in [-0.15, -0.1) is 0 Å². The van der Waals surface area contributed by atoms with Gasteiger partial charge in [0.2, 0.25) is 0 Å². The van der Waals surface area contributed by atoms with Crippen LogP contribution in [0.1, 0.15) is 58.8 Å². The van der Waals surface area contributed by atoms with Crippen molar-refractivity contribution in [3.8, 4) is 0 Å². The second kappa shape index (κ2) is 7.47. The lowest BCUT2D eigenvalue weighted by atomic mass is 9.77. The fourth-order valence-electron chi connectivity index (χ4n) is 3.58. The number of nitrogens with two attached hydrogens (primary N) is 1. The largest absolute Gasteiger partial charge is 0.375 e. The summed E-state index contributed by atoms with van der Waals surface area (Å²) < 4.78 is 6.09. The number of Topliss-reactive ketones (excluding diaryl/α,β-unsaturated/α-hetero) is 1. The highest BCUT2D eigenvalue weighted by atomic mass is 32.2. The van der Waals surface area contributed by atoms with Crippen LogP contribution in [-0.2, 0) is 9.53 Å². The van der Waals surface area contributed by atoms with Crippen LogP contribution in [0.4, 0.5) is 0 Å². The molecule has 4 heteroatoms. The second-order valence-electron chi connectivity index (χ2n) is 7.50. The number of ether oxygens (including phenoxy) is 1. The molecule has 1 spiro atoms. The third kappa shape index (κ3) is 4.97. The summed E-state index contributed by atoms with van der Waals surface area (Å²) in [5.41, 5.74) is 5.87. The third-order valence-electron chi connectivity index (χ3n) is 5.22. The van der Waals surface area contributed by atoms with E-state index in [1.807, 2.05) is 11.8 Å². The van der Waals surface area contributed by atoms with Crippen molar-refractivity contribution in [2.24, 2.45) is 17.1 Å². The summed E-state index contributed by atoms with van der Waals surface area (Å²) in [5, 5.41) is 0. The average molecular weight is 314 g/mol. The molecule has 0 aromatic rings. The number of hydrogen-bond acceptors (Lipinski definition) is 4. The minimum absolute atomic E-state index is 0.0244. The van der Waals surface area contributed by atoms with Crippen LogP contribution in [0.25, 0.3) is 0 Å². The minimum atomic E-state index is 0.0244. The van der Waals surface area contributed by atoms with Gasteiger partial charge in [0, 0.05) is 18.9 Å². The van der Waals surface area contributed by atoms with Crippen molar-refractivity contribution < 1.29 is 9.53 Å². The van der Waals surface area contributed by atoms with Crippen LogP contribution in [0.3, 0.4) is 0 Å². The first-order chi connectivity index (χ1) is 9.96. The van der Waals surface area contributed by atoms with Gasteiger partial charge >= 0.3 is 0 Å². The van der Waals surface area contributed by atoms with Crippen molar-refractivity contribution in [1.82, 2.24) is 0 Å². The van der Waals surface area contributed by atoms with Gasteiger partial charge in [-0.3, -0.25) is 4.79 Å². The highest BCUT2D eigenvalue weighted by molar-refractivity contribution is 7.99. The standard InChI is InChI=1S/C17H31NO2S/c1-16(2,6-9-18)5-3-15(19)14-4-10-20-17(13-14)7-11-21-12-8-17/h14H,3-13,18H2,1-2H3. The van der Waals surface area contributed by atoms with Crippen LogP contribution in [0.2, 0.25) is 0 Å². The Morgan fingerprint density at radius 1 is 1.33 bits per heavy atom. The van der Waals surface area contributed by atoms with E-state index in [1.54, 1.807) is 0 Å². The summed E-state index contributed by atoms with van der Waals surface area (Å²) in [4.78, 5) is 12.6. The first kappa shape index (κ1) is 17.3. The van der Waals surface area contributed by atoms with Gasteiger partial charge < -0.3 is 10.5 Å². The molecule has 2 fully saturated rings. The molecule has 3 nitrogen and oxygen atoms in total. The van der Waals surface area contributed by atoms with Crippen molar-refractivity contribution >= 4 is 17.5 Å². The molecule has 1 unspecified atom stereocenters. The molecule has 1 atom stereocenters. The molecule has 0 aromatic carbocycles. The van der Waals surface area contributed by atoms with E-state index < -0.39 is 0 Å². The quantitative estimate of drug-likeness (QED) is 0.816. The van der Waals surface area contributed by atoms with Gasteiger partial charge in [0.15, 0.2) is 0 Å². The van der Waals surface area contributed by atoms with Gasteiger partial charge in [0.05, 0.1) is 5.60 Å². The predicted molar refractivity (Wildman–Crippen MR) is 89.7 cm³/mol. The van der Waals surface area contributed by atoms with Crippen LogP contribution in [0, 0.1) is 11.3 Å². The SMILES string of the molecule is CC(C)(CCN)CCC(=O)C1CCOC2(CCSCC2)C1. The maximum absolute atomic E-state index is 12.6. The maximum atomic E-state index is 12.6. The molecule has 0 bridgehead atoms. The molecule has 0 radical (unpaired) electrons. The van der Waals surface area contributed by atoms with Gasteiger partial charge in [-0.1, -0.05) is 13.8 Å². The van der Waals surface area contributed by atoms with Crippen molar-refractivity contribution in [3.05, 3.63) is 0 Å². The van der Waals surface area contributed by atoms with Gasteiger partial charge in [0.25, 0.3) is 0 Å². The average Bonchev–Trinajstić information content (AvgIpc) is 2.46. The van der Waals surface area contributed by atoms with Crippen LogP contribution >= 0.6 is 11.8 Å². The molecule has 2 saturated heterocycles. The van der Waals surface area contributed by atoms with Crippen molar-refractivity contribution in [1.29, 1.82) is 0 Å². The van der Waals surface area contributed by atoms with Crippen molar-refractivity contribution in [3.63, 3.8) is 0 Å². The molecule has 2 rings (SSSR count). The fourth-order valence-corrected chi connectivity index (χ4v) is 4.81. The highest BCUT2D eigenvalue weighted by Gasteiger charge is 2.40. The van der Waals surface area contributed by atoms with Crippen LogP contribution in [0.15, 0.2) is 0 Å². The van der Waals surface area contributed by atoms with Gasteiger partial charge in [-0.25, -0.2) is 0 Å². The van der Waals surface area contributed by atoms with Crippen molar-refractivity contribution in [2.45, 2.75) is 64.4 Å². The molecule has 2 heterocycles. The number of hydrogen-bond donors (Lipinski definition) is 1. The smallest absolute Gasteiger partial charge is 0.136 e. The van der Waals surface area contributed by atoms with Crippen LogP contribution in [0.5, 0.6) is 0 Å². The predicted octanol–water partition coefficient (Wildman–Crippen LogP) is 3.40. The van der Waals surface area contributed by atoms with Crippen LogP contribution in [-0.4, -0.2) is 36.0 Å². The van der Waals surface area contributed by atoms with E-state index in [4.69, 9.17) is 10.5 Å². The van der Waals surface area contributed by atoms with E-state index in [2.05, 4.69) is 13.8 Å². The van der Waals surface area contributed by atoms with E-state index in [9.17, 15) is 4.79 Å². The number of thioether (sulfide) groups is 1. The molecule has 21 heavy (non-hydrogen) atoms. The Labute approximate surface area is 133 Å². The molecular weight excluding hydrogens is 282 g/mol. The van der Waals surface area contributed by atoms with Crippen LogP contribution < -0.4 is 5.73 Å². The number of carbonyl (C=O) groups is 1. The number of rotatable bonds is 6. The summed E-state index contributed by atoms with van der Waals surface area (Å²) in [7, 11) is 0. The first-order valence-corrected chi connectivity index (χ1v) is 9.56. The molecule has 2 aliphatic heterocycles. The lowest BCUT2D eigenvalue weighted by Gasteiger charge is -2.43. The Bertz CT molecular complexity index is 345. The number of ketones is 1. The Hall–Kier alpha value is -0.0600. The normalized spacial score (nSPS) is 26.0. The molecule has 2 N–H and O–H groups in total. The molecular formula is C17H31NO2S. The zero-order valence-corrected chi connectivity index (χ0v) is 14.5. The summed E-state index contributed by atoms with van der Waals surface area (Å²) in [6.45, 7) is 5.92. The Morgan fingerprint density at radius 2 is 2.05 bits per heavy atom. The fraction of sp³-hybridized carbons (Fsp3) is 0.941. The number of carbonyl (C=O) groups excluding carboxylic acids is 1. The van der Waals surface area contributed by atoms with E-state index >= 15 is 0 Å². The maximum Gasteiger partial charge on any atom is 0.136 e. The molecule has 0 aliphatic carbocycles. The Kier molecular flexibility index (Phi) is 6.15. The van der Waals surface area contributed by atoms with Gasteiger partial charge in [-0.05, 0) is 62.0 Å². The van der Waals surface area contributed by atoms with E-state index in [0.717, 1.165) is 45.1 Å². The zero-order chi connectivity index (χ0) is 15.3. The molecule has 0 aromatic heterocycles. The Balaban J connectivity index is 1.84. The monoisotopic (exact) mass is 313 g/mol.